The van der Waals surface area contributed by atoms with Crippen LogP contribution in [-0.2, 0) is 9.59 Å². The number of rotatable bonds is 3. The molecule has 0 aliphatic rings. The minimum Gasteiger partial charge on any atom is -0.481 e. The van der Waals surface area contributed by atoms with Crippen LogP contribution in [0, 0.1) is 5.92 Å². The van der Waals surface area contributed by atoms with E-state index in [1.807, 2.05) is 0 Å². The molecule has 56 valence electrons. The number of carbonyl (C=O) groups is 2. The number of hydrogen-bond acceptors (Lipinski definition) is 2. The second-order valence-corrected chi connectivity index (χ2v) is 2.14. The fourth-order valence-corrected chi connectivity index (χ4v) is 0.454. The maximum absolute atomic E-state index is 10.5. The molecular weight excluding hydrogens is 132 g/mol. The molecule has 3 nitrogen and oxygen atoms in total. The number of ketones is 1. The second-order valence-electron chi connectivity index (χ2n) is 2.14. The first-order chi connectivity index (χ1) is 4.46. The molecule has 0 aliphatic heterocycles. The van der Waals surface area contributed by atoms with Gasteiger partial charge in [-0.1, -0.05) is 6.58 Å². The zero-order valence-electron chi connectivity index (χ0n) is 6.05. The summed E-state index contributed by atoms with van der Waals surface area (Å²) in [6, 6.07) is 0. The third-order valence-electron chi connectivity index (χ3n) is 1.35. The van der Waals surface area contributed by atoms with Gasteiger partial charge in [-0.05, 0) is 13.8 Å². The summed E-state index contributed by atoms with van der Waals surface area (Å²) >= 11 is 0. The summed E-state index contributed by atoms with van der Waals surface area (Å²) in [5, 5.41) is 8.39. The highest BCUT2D eigenvalue weighted by Gasteiger charge is 2.17. The number of carboxylic acids is 1. The van der Waals surface area contributed by atoms with E-state index in [0.29, 0.717) is 0 Å². The predicted molar refractivity (Wildman–Crippen MR) is 36.6 cm³/mol. The fourth-order valence-electron chi connectivity index (χ4n) is 0.454. The van der Waals surface area contributed by atoms with Gasteiger partial charge in [-0.25, -0.2) is 0 Å². The molecule has 0 bridgehead atoms. The Balaban J connectivity index is 4.22. The van der Waals surface area contributed by atoms with Gasteiger partial charge in [0.1, 0.15) is 0 Å². The van der Waals surface area contributed by atoms with Crippen LogP contribution >= 0.6 is 0 Å². The van der Waals surface area contributed by atoms with Gasteiger partial charge in [0.2, 0.25) is 0 Å². The molecule has 0 saturated carbocycles. The van der Waals surface area contributed by atoms with Gasteiger partial charge in [0.05, 0.1) is 5.92 Å². The van der Waals surface area contributed by atoms with Crippen LogP contribution in [0.3, 0.4) is 0 Å². The summed E-state index contributed by atoms with van der Waals surface area (Å²) in [4.78, 5) is 20.8. The van der Waals surface area contributed by atoms with Gasteiger partial charge in [-0.3, -0.25) is 9.59 Å². The van der Waals surface area contributed by atoms with E-state index < -0.39 is 11.9 Å². The lowest BCUT2D eigenvalue weighted by Crippen LogP contribution is -2.15. The van der Waals surface area contributed by atoms with E-state index in [0.717, 1.165) is 0 Å². The van der Waals surface area contributed by atoms with Crippen molar-refractivity contribution in [1.82, 2.24) is 0 Å². The Morgan fingerprint density at radius 1 is 1.50 bits per heavy atom. The maximum atomic E-state index is 10.5. The van der Waals surface area contributed by atoms with Gasteiger partial charge >= 0.3 is 5.97 Å². The molecule has 0 heterocycles. The molecule has 1 atom stereocenters. The van der Waals surface area contributed by atoms with Crippen LogP contribution < -0.4 is 0 Å². The van der Waals surface area contributed by atoms with Crippen molar-refractivity contribution in [2.24, 2.45) is 5.92 Å². The van der Waals surface area contributed by atoms with Gasteiger partial charge in [0, 0.05) is 5.57 Å². The van der Waals surface area contributed by atoms with Gasteiger partial charge < -0.3 is 5.11 Å². The predicted octanol–water partition coefficient (Wildman–Crippen LogP) is 0.852. The van der Waals surface area contributed by atoms with Crippen LogP contribution in [0.25, 0.3) is 0 Å². The normalized spacial score (nSPS) is 12.2. The second kappa shape index (κ2) is 3.15. The Morgan fingerprint density at radius 2 is 1.90 bits per heavy atom. The lowest BCUT2D eigenvalue weighted by atomic mass is 10.0. The van der Waals surface area contributed by atoms with Crippen LogP contribution in [0.2, 0.25) is 0 Å². The minimum atomic E-state index is -1.01. The Kier molecular flexibility index (Phi) is 2.80. The van der Waals surface area contributed by atoms with Crippen molar-refractivity contribution in [3.05, 3.63) is 12.2 Å². The molecule has 3 heteroatoms. The smallest absolute Gasteiger partial charge is 0.310 e. The molecule has 1 unspecified atom stereocenters. The van der Waals surface area contributed by atoms with Gasteiger partial charge in [0.15, 0.2) is 5.78 Å². The molecular formula is C7H10O3. The largest absolute Gasteiger partial charge is 0.481 e. The Morgan fingerprint density at radius 3 is 2.00 bits per heavy atom. The van der Waals surface area contributed by atoms with Gasteiger partial charge in [-0.2, -0.15) is 0 Å². The molecule has 0 aromatic carbocycles. The molecule has 0 spiro atoms. The van der Waals surface area contributed by atoms with Crippen molar-refractivity contribution in [1.29, 1.82) is 0 Å². The van der Waals surface area contributed by atoms with E-state index in [1.54, 1.807) is 0 Å². The number of carboxylic acid groups (broad SMARTS) is 1. The number of Topliss-reactive ketones (excluding diaryl/α,β-unsaturated/α-hetero) is 1. The molecule has 0 aromatic heterocycles. The quantitative estimate of drug-likeness (QED) is 0.594. The lowest BCUT2D eigenvalue weighted by molar-refractivity contribution is -0.140. The zero-order chi connectivity index (χ0) is 8.31. The molecule has 1 N–H and O–H groups in total. The monoisotopic (exact) mass is 142 g/mol. The van der Waals surface area contributed by atoms with E-state index in [1.165, 1.54) is 13.8 Å². The van der Waals surface area contributed by atoms with Crippen molar-refractivity contribution in [2.75, 3.05) is 0 Å². The first kappa shape index (κ1) is 8.88. The van der Waals surface area contributed by atoms with E-state index in [4.69, 9.17) is 5.11 Å². The molecule has 0 aliphatic carbocycles. The number of aliphatic carboxylic acids is 1. The van der Waals surface area contributed by atoms with E-state index in [-0.39, 0.29) is 11.4 Å². The van der Waals surface area contributed by atoms with E-state index >= 15 is 0 Å². The maximum Gasteiger partial charge on any atom is 0.310 e. The molecule has 0 radical (unpaired) electrons. The molecule has 0 saturated heterocycles. The van der Waals surface area contributed by atoms with Crippen LogP contribution in [0.4, 0.5) is 0 Å². The Bertz CT molecular complexity index is 181. The van der Waals surface area contributed by atoms with E-state index in [2.05, 4.69) is 6.58 Å². The van der Waals surface area contributed by atoms with Crippen LogP contribution in [-0.4, -0.2) is 16.9 Å². The summed E-state index contributed by atoms with van der Waals surface area (Å²) in [5.41, 5.74) is 0.146. The third-order valence-corrected chi connectivity index (χ3v) is 1.35. The van der Waals surface area contributed by atoms with Crippen LogP contribution in [0.5, 0.6) is 0 Å². The van der Waals surface area contributed by atoms with Gasteiger partial charge in [-0.15, -0.1) is 0 Å². The van der Waals surface area contributed by atoms with Crippen molar-refractivity contribution >= 4 is 11.8 Å². The standard InChI is InChI=1S/C7H10O3/c1-4(6(3)8)5(2)7(9)10/h5H,1H2,2-3H3,(H,9,10). The van der Waals surface area contributed by atoms with Crippen LogP contribution in [0.15, 0.2) is 12.2 Å². The van der Waals surface area contributed by atoms with Crippen molar-refractivity contribution < 1.29 is 14.7 Å². The fraction of sp³-hybridized carbons (Fsp3) is 0.429. The first-order valence-electron chi connectivity index (χ1n) is 2.89. The Hall–Kier alpha value is -1.12. The summed E-state index contributed by atoms with van der Waals surface area (Å²) in [7, 11) is 0. The molecule has 0 aromatic rings. The average molecular weight is 142 g/mol. The number of hydrogen-bond donors (Lipinski definition) is 1. The zero-order valence-corrected chi connectivity index (χ0v) is 6.05. The minimum absolute atomic E-state index is 0.146. The topological polar surface area (TPSA) is 54.4 Å². The highest BCUT2D eigenvalue weighted by molar-refractivity contribution is 5.97. The molecule has 0 amide bonds. The van der Waals surface area contributed by atoms with Crippen LogP contribution in [0.1, 0.15) is 13.8 Å². The number of carbonyl (C=O) groups excluding carboxylic acids is 1. The lowest BCUT2D eigenvalue weighted by Gasteiger charge is -2.04. The summed E-state index contributed by atoms with van der Waals surface area (Å²) in [5.74, 6) is -2.05. The molecule has 0 fully saturated rings. The van der Waals surface area contributed by atoms with E-state index in [9.17, 15) is 9.59 Å². The SMILES string of the molecule is C=C(C(C)=O)C(C)C(=O)O. The average Bonchev–Trinajstić information content (AvgIpc) is 1.84. The summed E-state index contributed by atoms with van der Waals surface area (Å²) < 4.78 is 0. The van der Waals surface area contributed by atoms with Gasteiger partial charge in [0.25, 0.3) is 0 Å². The first-order valence-corrected chi connectivity index (χ1v) is 2.89. The Labute approximate surface area is 59.4 Å². The highest BCUT2D eigenvalue weighted by Crippen LogP contribution is 2.08. The van der Waals surface area contributed by atoms with Crippen molar-refractivity contribution in [2.45, 2.75) is 13.8 Å². The highest BCUT2D eigenvalue weighted by atomic mass is 16.4. The third kappa shape index (κ3) is 2.01. The molecule has 10 heavy (non-hydrogen) atoms. The molecule has 0 rings (SSSR count). The van der Waals surface area contributed by atoms with Crippen molar-refractivity contribution in [3.63, 3.8) is 0 Å². The summed E-state index contributed by atoms with van der Waals surface area (Å²) in [6.45, 7) is 6.09. The summed E-state index contributed by atoms with van der Waals surface area (Å²) in [6.07, 6.45) is 0. The van der Waals surface area contributed by atoms with Crippen molar-refractivity contribution in [3.8, 4) is 0 Å².